The van der Waals surface area contributed by atoms with E-state index in [9.17, 15) is 4.79 Å². The highest BCUT2D eigenvalue weighted by atomic mass is 16.6. The van der Waals surface area contributed by atoms with E-state index >= 15 is 0 Å². The van der Waals surface area contributed by atoms with Crippen molar-refractivity contribution in [2.24, 2.45) is 0 Å². The number of aromatic nitrogens is 2. The molecular formula is C9H17N5O2. The molecule has 16 heavy (non-hydrogen) atoms. The molecule has 1 aromatic rings. The van der Waals surface area contributed by atoms with Crippen LogP contribution in [0.4, 0.5) is 5.82 Å². The second-order valence-electron chi connectivity index (χ2n) is 3.83. The van der Waals surface area contributed by atoms with Crippen molar-refractivity contribution in [3.8, 4) is 0 Å². The zero-order valence-electron chi connectivity index (χ0n) is 9.73. The molecule has 7 heteroatoms. The van der Waals surface area contributed by atoms with Crippen LogP contribution in [0.3, 0.4) is 0 Å². The van der Waals surface area contributed by atoms with E-state index in [1.807, 2.05) is 7.05 Å². The van der Waals surface area contributed by atoms with Gasteiger partial charge in [-0.25, -0.2) is 4.63 Å². The van der Waals surface area contributed by atoms with E-state index in [1.54, 1.807) is 0 Å². The lowest BCUT2D eigenvalue weighted by Crippen LogP contribution is -2.36. The Balaban J connectivity index is 2.34. The van der Waals surface area contributed by atoms with Gasteiger partial charge in [0.2, 0.25) is 11.5 Å². The monoisotopic (exact) mass is 227 g/mol. The lowest BCUT2D eigenvalue weighted by molar-refractivity contribution is 0.0939. The molecule has 0 radical (unpaired) electrons. The van der Waals surface area contributed by atoms with Gasteiger partial charge in [0.15, 0.2) is 0 Å². The molecule has 0 bridgehead atoms. The number of carbonyl (C=O) groups excluding carboxylic acids is 1. The van der Waals surface area contributed by atoms with Crippen molar-refractivity contribution in [2.75, 3.05) is 25.9 Å². The summed E-state index contributed by atoms with van der Waals surface area (Å²) in [5.41, 5.74) is 5.42. The summed E-state index contributed by atoms with van der Waals surface area (Å²) in [5, 5.41) is 9.43. The molecule has 0 aliphatic heterocycles. The zero-order valence-corrected chi connectivity index (χ0v) is 9.73. The topological polar surface area (TPSA) is 97.3 Å². The first kappa shape index (κ1) is 12.4. The lowest BCUT2D eigenvalue weighted by atomic mass is 10.3. The van der Waals surface area contributed by atoms with E-state index in [0.717, 1.165) is 6.54 Å². The predicted octanol–water partition coefficient (Wildman–Crippen LogP) is -0.278. The molecule has 0 atom stereocenters. The van der Waals surface area contributed by atoms with Crippen LogP contribution in [0.25, 0.3) is 0 Å². The third-order valence-electron chi connectivity index (χ3n) is 2.36. The van der Waals surface area contributed by atoms with Gasteiger partial charge in [-0.15, -0.1) is 0 Å². The molecular weight excluding hydrogens is 210 g/mol. The fourth-order valence-electron chi connectivity index (χ4n) is 1.04. The molecule has 0 unspecified atom stereocenters. The van der Waals surface area contributed by atoms with Crippen LogP contribution < -0.4 is 11.1 Å². The number of hydrogen-bond acceptors (Lipinski definition) is 6. The number of hydrogen-bond donors (Lipinski definition) is 2. The summed E-state index contributed by atoms with van der Waals surface area (Å²) in [6.07, 6.45) is 0. The Morgan fingerprint density at radius 1 is 1.56 bits per heavy atom. The molecule has 0 aromatic carbocycles. The summed E-state index contributed by atoms with van der Waals surface area (Å²) >= 11 is 0. The molecule has 1 heterocycles. The van der Waals surface area contributed by atoms with Crippen molar-refractivity contribution >= 4 is 11.7 Å². The van der Waals surface area contributed by atoms with Gasteiger partial charge in [0, 0.05) is 19.1 Å². The minimum atomic E-state index is -0.365. The van der Waals surface area contributed by atoms with Gasteiger partial charge in [0.1, 0.15) is 0 Å². The van der Waals surface area contributed by atoms with Crippen molar-refractivity contribution in [1.29, 1.82) is 0 Å². The molecule has 0 aliphatic rings. The second kappa shape index (κ2) is 5.45. The van der Waals surface area contributed by atoms with Crippen molar-refractivity contribution in [3.63, 3.8) is 0 Å². The molecule has 0 aliphatic carbocycles. The Labute approximate surface area is 93.9 Å². The van der Waals surface area contributed by atoms with Crippen molar-refractivity contribution < 1.29 is 9.42 Å². The van der Waals surface area contributed by atoms with Crippen molar-refractivity contribution in [1.82, 2.24) is 20.5 Å². The first-order valence-electron chi connectivity index (χ1n) is 5.09. The van der Waals surface area contributed by atoms with E-state index in [2.05, 4.69) is 39.0 Å². The van der Waals surface area contributed by atoms with Gasteiger partial charge in [-0.05, 0) is 31.2 Å². The van der Waals surface area contributed by atoms with Crippen LogP contribution in [0.1, 0.15) is 24.3 Å². The van der Waals surface area contributed by atoms with Gasteiger partial charge in [0.05, 0.1) is 0 Å². The van der Waals surface area contributed by atoms with Crippen LogP contribution in [0.2, 0.25) is 0 Å². The summed E-state index contributed by atoms with van der Waals surface area (Å²) < 4.78 is 4.34. The molecule has 90 valence electrons. The SMILES string of the molecule is CC(C)N(C)CCNC(=O)c1nonc1N. The Kier molecular flexibility index (Phi) is 4.24. The van der Waals surface area contributed by atoms with E-state index in [-0.39, 0.29) is 17.4 Å². The highest BCUT2D eigenvalue weighted by molar-refractivity contribution is 5.95. The fraction of sp³-hybridized carbons (Fsp3) is 0.667. The normalized spacial score (nSPS) is 11.1. The largest absolute Gasteiger partial charge is 0.379 e. The molecule has 0 saturated carbocycles. The van der Waals surface area contributed by atoms with Gasteiger partial charge in [-0.3, -0.25) is 4.79 Å². The maximum absolute atomic E-state index is 11.5. The smallest absolute Gasteiger partial charge is 0.277 e. The number of nitrogens with zero attached hydrogens (tertiary/aromatic N) is 3. The maximum atomic E-state index is 11.5. The van der Waals surface area contributed by atoms with Gasteiger partial charge in [0.25, 0.3) is 5.91 Å². The number of likely N-dealkylation sites (N-methyl/N-ethyl adjacent to an activating group) is 1. The average Bonchev–Trinajstić information content (AvgIpc) is 2.64. The van der Waals surface area contributed by atoms with Crippen LogP contribution in [-0.4, -0.2) is 47.3 Å². The highest BCUT2D eigenvalue weighted by Gasteiger charge is 2.15. The first-order valence-corrected chi connectivity index (χ1v) is 5.09. The van der Waals surface area contributed by atoms with Crippen molar-refractivity contribution in [2.45, 2.75) is 19.9 Å². The Morgan fingerprint density at radius 2 is 2.25 bits per heavy atom. The summed E-state index contributed by atoms with van der Waals surface area (Å²) in [6.45, 7) is 5.46. The van der Waals surface area contributed by atoms with Crippen LogP contribution in [0.15, 0.2) is 4.63 Å². The zero-order chi connectivity index (χ0) is 12.1. The van der Waals surface area contributed by atoms with Gasteiger partial charge in [-0.2, -0.15) is 0 Å². The van der Waals surface area contributed by atoms with Gasteiger partial charge >= 0.3 is 0 Å². The van der Waals surface area contributed by atoms with E-state index < -0.39 is 0 Å². The fourth-order valence-corrected chi connectivity index (χ4v) is 1.04. The van der Waals surface area contributed by atoms with E-state index in [0.29, 0.717) is 12.6 Å². The van der Waals surface area contributed by atoms with Gasteiger partial charge < -0.3 is 16.0 Å². The highest BCUT2D eigenvalue weighted by Crippen LogP contribution is 2.02. The molecule has 1 rings (SSSR count). The summed E-state index contributed by atoms with van der Waals surface area (Å²) in [4.78, 5) is 13.6. The second-order valence-corrected chi connectivity index (χ2v) is 3.83. The molecule has 0 fully saturated rings. The van der Waals surface area contributed by atoms with E-state index in [1.165, 1.54) is 0 Å². The molecule has 3 N–H and O–H groups in total. The van der Waals surface area contributed by atoms with E-state index in [4.69, 9.17) is 5.73 Å². The van der Waals surface area contributed by atoms with Crippen LogP contribution >= 0.6 is 0 Å². The first-order chi connectivity index (χ1) is 7.52. The third-order valence-corrected chi connectivity index (χ3v) is 2.36. The number of rotatable bonds is 5. The quantitative estimate of drug-likeness (QED) is 0.718. The molecule has 1 aromatic heterocycles. The Morgan fingerprint density at radius 3 is 2.75 bits per heavy atom. The standard InChI is InChI=1S/C9H17N5O2/c1-6(2)14(3)5-4-11-9(15)7-8(10)13-16-12-7/h6H,4-5H2,1-3H3,(H2,10,13)(H,11,15). The number of nitrogens with one attached hydrogen (secondary N) is 1. The summed E-state index contributed by atoms with van der Waals surface area (Å²) in [6, 6.07) is 0.440. The summed E-state index contributed by atoms with van der Waals surface area (Å²) in [7, 11) is 1.99. The number of anilines is 1. The Bertz CT molecular complexity index is 349. The van der Waals surface area contributed by atoms with Crippen LogP contribution in [0.5, 0.6) is 0 Å². The predicted molar refractivity (Wildman–Crippen MR) is 58.8 cm³/mol. The maximum Gasteiger partial charge on any atom is 0.277 e. The van der Waals surface area contributed by atoms with Gasteiger partial charge in [-0.1, -0.05) is 0 Å². The average molecular weight is 227 g/mol. The molecule has 0 spiro atoms. The number of carbonyl (C=O) groups is 1. The van der Waals surface area contributed by atoms with Crippen LogP contribution in [0, 0.1) is 0 Å². The Hall–Kier alpha value is -1.63. The summed E-state index contributed by atoms with van der Waals surface area (Å²) in [5.74, 6) is -0.356. The molecule has 7 nitrogen and oxygen atoms in total. The third kappa shape index (κ3) is 3.20. The number of nitrogens with two attached hydrogens (primary N) is 1. The van der Waals surface area contributed by atoms with Crippen LogP contribution in [-0.2, 0) is 0 Å². The minimum Gasteiger partial charge on any atom is -0.379 e. The minimum absolute atomic E-state index is 0.00899. The van der Waals surface area contributed by atoms with Crippen molar-refractivity contribution in [3.05, 3.63) is 5.69 Å². The molecule has 0 saturated heterocycles. The number of nitrogen functional groups attached to an aromatic ring is 1. The lowest BCUT2D eigenvalue weighted by Gasteiger charge is -2.20. The molecule has 1 amide bonds. The number of amides is 1.